The van der Waals surface area contributed by atoms with Crippen molar-refractivity contribution in [3.63, 3.8) is 0 Å². The Hall–Kier alpha value is -1.71. The first-order valence-electron chi connectivity index (χ1n) is 4.83. The van der Waals surface area contributed by atoms with Crippen molar-refractivity contribution in [3.8, 4) is 5.75 Å². The van der Waals surface area contributed by atoms with Gasteiger partial charge in [0.25, 0.3) is 0 Å². The van der Waals surface area contributed by atoms with Crippen LogP contribution in [0.1, 0.15) is 12.5 Å². The summed E-state index contributed by atoms with van der Waals surface area (Å²) in [6, 6.07) is 7.49. The molecule has 0 saturated heterocycles. The van der Waals surface area contributed by atoms with Crippen molar-refractivity contribution >= 4 is 6.09 Å². The fourth-order valence-corrected chi connectivity index (χ4v) is 1.13. The van der Waals surface area contributed by atoms with Gasteiger partial charge in [-0.15, -0.1) is 0 Å². The van der Waals surface area contributed by atoms with E-state index < -0.39 is 6.09 Å². The summed E-state index contributed by atoms with van der Waals surface area (Å²) in [5, 5.41) is 2.38. The largest absolute Gasteiger partial charge is 0.493 e. The molecule has 0 radical (unpaired) electrons. The van der Waals surface area contributed by atoms with E-state index in [4.69, 9.17) is 9.47 Å². The molecule has 1 aromatic rings. The number of carbonyl (C=O) groups is 1. The number of para-hydroxylation sites is 1. The van der Waals surface area contributed by atoms with Crippen LogP contribution in [0.2, 0.25) is 0 Å². The van der Waals surface area contributed by atoms with Crippen LogP contribution in [0, 0.1) is 0 Å². The minimum absolute atomic E-state index is 0.218. The van der Waals surface area contributed by atoms with E-state index in [9.17, 15) is 4.79 Å². The summed E-state index contributed by atoms with van der Waals surface area (Å²) in [6.07, 6.45) is -0.443. The molecule has 1 N–H and O–H groups in total. The van der Waals surface area contributed by atoms with Crippen LogP contribution in [-0.2, 0) is 11.3 Å². The number of benzene rings is 1. The van der Waals surface area contributed by atoms with Crippen LogP contribution in [0.4, 0.5) is 4.79 Å². The number of hydrogen-bond acceptors (Lipinski definition) is 3. The molecule has 4 nitrogen and oxygen atoms in total. The molecule has 1 aromatic carbocycles. The summed E-state index contributed by atoms with van der Waals surface area (Å²) in [4.78, 5) is 10.9. The SMILES string of the molecule is CCOc1ccccc1COC(=O)NC. The summed E-state index contributed by atoms with van der Waals surface area (Å²) in [5.41, 5.74) is 0.864. The predicted molar refractivity (Wildman–Crippen MR) is 56.9 cm³/mol. The van der Waals surface area contributed by atoms with Gasteiger partial charge in [-0.25, -0.2) is 4.79 Å². The zero-order valence-electron chi connectivity index (χ0n) is 8.95. The Kier molecular flexibility index (Phi) is 4.47. The first-order valence-corrected chi connectivity index (χ1v) is 4.83. The Morgan fingerprint density at radius 3 is 2.80 bits per heavy atom. The van der Waals surface area contributed by atoms with Crippen LogP contribution in [0.15, 0.2) is 24.3 Å². The van der Waals surface area contributed by atoms with Crippen LogP contribution >= 0.6 is 0 Å². The van der Waals surface area contributed by atoms with E-state index in [0.717, 1.165) is 11.3 Å². The normalized spacial score (nSPS) is 9.47. The molecule has 0 aliphatic heterocycles. The smallest absolute Gasteiger partial charge is 0.407 e. The van der Waals surface area contributed by atoms with E-state index in [-0.39, 0.29) is 6.61 Å². The molecule has 0 aliphatic rings. The van der Waals surface area contributed by atoms with Gasteiger partial charge in [-0.1, -0.05) is 18.2 Å². The monoisotopic (exact) mass is 209 g/mol. The fourth-order valence-electron chi connectivity index (χ4n) is 1.13. The molecule has 1 amide bonds. The van der Waals surface area contributed by atoms with E-state index in [1.165, 1.54) is 7.05 Å². The standard InChI is InChI=1S/C11H15NO3/c1-3-14-10-7-5-4-6-9(10)8-15-11(13)12-2/h4-7H,3,8H2,1-2H3,(H,12,13). The Balaban J connectivity index is 2.62. The Morgan fingerprint density at radius 1 is 1.40 bits per heavy atom. The maximum absolute atomic E-state index is 10.9. The van der Waals surface area contributed by atoms with E-state index in [0.29, 0.717) is 6.61 Å². The number of nitrogens with one attached hydrogen (secondary N) is 1. The number of hydrogen-bond donors (Lipinski definition) is 1. The highest BCUT2D eigenvalue weighted by Gasteiger charge is 2.04. The van der Waals surface area contributed by atoms with Crippen molar-refractivity contribution in [2.24, 2.45) is 0 Å². The molecule has 15 heavy (non-hydrogen) atoms. The number of amides is 1. The average molecular weight is 209 g/mol. The van der Waals surface area contributed by atoms with Gasteiger partial charge < -0.3 is 14.8 Å². The topological polar surface area (TPSA) is 47.6 Å². The predicted octanol–water partition coefficient (Wildman–Crippen LogP) is 1.94. The summed E-state index contributed by atoms with van der Waals surface area (Å²) >= 11 is 0. The third-order valence-electron chi connectivity index (χ3n) is 1.84. The third-order valence-corrected chi connectivity index (χ3v) is 1.84. The van der Waals surface area contributed by atoms with Gasteiger partial charge in [0.05, 0.1) is 6.61 Å². The van der Waals surface area contributed by atoms with Crippen molar-refractivity contribution in [1.29, 1.82) is 0 Å². The zero-order chi connectivity index (χ0) is 11.1. The zero-order valence-corrected chi connectivity index (χ0v) is 8.95. The molecule has 0 spiro atoms. The van der Waals surface area contributed by atoms with Crippen molar-refractivity contribution in [2.45, 2.75) is 13.5 Å². The fraction of sp³-hybridized carbons (Fsp3) is 0.364. The Bertz CT molecular complexity index is 325. The quantitative estimate of drug-likeness (QED) is 0.824. The van der Waals surface area contributed by atoms with Crippen LogP contribution in [-0.4, -0.2) is 19.7 Å². The van der Waals surface area contributed by atoms with Gasteiger partial charge in [-0.3, -0.25) is 0 Å². The van der Waals surface area contributed by atoms with Gasteiger partial charge in [0.15, 0.2) is 0 Å². The molecule has 82 valence electrons. The van der Waals surface area contributed by atoms with Crippen molar-refractivity contribution in [1.82, 2.24) is 5.32 Å². The maximum atomic E-state index is 10.9. The van der Waals surface area contributed by atoms with Crippen LogP contribution in [0.5, 0.6) is 5.75 Å². The first kappa shape index (κ1) is 11.4. The molecule has 0 fully saturated rings. The van der Waals surface area contributed by atoms with Gasteiger partial charge >= 0.3 is 6.09 Å². The number of alkyl carbamates (subject to hydrolysis) is 1. The number of ether oxygens (including phenoxy) is 2. The average Bonchev–Trinajstić information content (AvgIpc) is 2.28. The lowest BCUT2D eigenvalue weighted by Crippen LogP contribution is -2.19. The molecule has 0 aromatic heterocycles. The van der Waals surface area contributed by atoms with Crippen molar-refractivity contribution in [3.05, 3.63) is 29.8 Å². The Morgan fingerprint density at radius 2 is 2.13 bits per heavy atom. The number of rotatable bonds is 4. The lowest BCUT2D eigenvalue weighted by molar-refractivity contribution is 0.140. The summed E-state index contributed by atoms with van der Waals surface area (Å²) in [5.74, 6) is 0.754. The molecule has 0 atom stereocenters. The van der Waals surface area contributed by atoms with Gasteiger partial charge in [0, 0.05) is 12.6 Å². The van der Waals surface area contributed by atoms with Gasteiger partial charge in [0.2, 0.25) is 0 Å². The third kappa shape index (κ3) is 3.50. The number of carbonyl (C=O) groups excluding carboxylic acids is 1. The summed E-state index contributed by atoms with van der Waals surface area (Å²) in [7, 11) is 1.52. The molecule has 0 heterocycles. The van der Waals surface area contributed by atoms with Gasteiger partial charge in [-0.2, -0.15) is 0 Å². The maximum Gasteiger partial charge on any atom is 0.407 e. The van der Waals surface area contributed by atoms with Crippen LogP contribution < -0.4 is 10.1 Å². The molecule has 0 aliphatic carbocycles. The molecule has 0 unspecified atom stereocenters. The van der Waals surface area contributed by atoms with Crippen molar-refractivity contribution < 1.29 is 14.3 Å². The first-order chi connectivity index (χ1) is 7.27. The van der Waals surface area contributed by atoms with Gasteiger partial charge in [0.1, 0.15) is 12.4 Å². The van der Waals surface area contributed by atoms with Gasteiger partial charge in [-0.05, 0) is 13.0 Å². The molecular weight excluding hydrogens is 194 g/mol. The minimum atomic E-state index is -0.443. The second-order valence-electron chi connectivity index (χ2n) is 2.87. The minimum Gasteiger partial charge on any atom is -0.493 e. The summed E-state index contributed by atoms with van der Waals surface area (Å²) in [6.45, 7) is 2.73. The molecule has 0 bridgehead atoms. The molecule has 1 rings (SSSR count). The second-order valence-corrected chi connectivity index (χ2v) is 2.87. The molecular formula is C11H15NO3. The van der Waals surface area contributed by atoms with Crippen molar-refractivity contribution in [2.75, 3.05) is 13.7 Å². The lowest BCUT2D eigenvalue weighted by Gasteiger charge is -2.09. The van der Waals surface area contributed by atoms with Crippen LogP contribution in [0.3, 0.4) is 0 Å². The van der Waals surface area contributed by atoms with E-state index >= 15 is 0 Å². The highest BCUT2D eigenvalue weighted by atomic mass is 16.5. The second kappa shape index (κ2) is 5.90. The highest BCUT2D eigenvalue weighted by molar-refractivity contribution is 5.66. The summed E-state index contributed by atoms with van der Waals surface area (Å²) < 4.78 is 10.3. The molecule has 4 heteroatoms. The lowest BCUT2D eigenvalue weighted by atomic mass is 10.2. The van der Waals surface area contributed by atoms with E-state index in [2.05, 4.69) is 5.32 Å². The Labute approximate surface area is 89.2 Å². The van der Waals surface area contributed by atoms with E-state index in [1.54, 1.807) is 0 Å². The van der Waals surface area contributed by atoms with E-state index in [1.807, 2.05) is 31.2 Å². The molecule has 0 saturated carbocycles. The van der Waals surface area contributed by atoms with Crippen LogP contribution in [0.25, 0.3) is 0 Å². The highest BCUT2D eigenvalue weighted by Crippen LogP contribution is 2.18.